The van der Waals surface area contributed by atoms with Gasteiger partial charge in [-0.3, -0.25) is 4.79 Å². The Balaban J connectivity index is 1.93. The van der Waals surface area contributed by atoms with E-state index in [0.29, 0.717) is 12.8 Å². The van der Waals surface area contributed by atoms with Crippen molar-refractivity contribution >= 4 is 28.5 Å². The zero-order valence-electron chi connectivity index (χ0n) is 8.27. The molecule has 0 fully saturated rings. The van der Waals surface area contributed by atoms with Crippen LogP contribution in [0.5, 0.6) is 0 Å². The minimum atomic E-state index is 0.176. The normalized spacial score (nSPS) is 10.5. The molecule has 0 amide bonds. The third-order valence-corrected chi connectivity index (χ3v) is 3.48. The van der Waals surface area contributed by atoms with Gasteiger partial charge in [0.1, 0.15) is 5.78 Å². The number of thiazole rings is 2. The van der Waals surface area contributed by atoms with E-state index >= 15 is 0 Å². The van der Waals surface area contributed by atoms with E-state index in [9.17, 15) is 4.79 Å². The Bertz CT molecular complexity index is 448. The maximum absolute atomic E-state index is 11.6. The predicted octanol–water partition coefficient (Wildman–Crippen LogP) is 2.26. The van der Waals surface area contributed by atoms with Crippen molar-refractivity contribution in [1.29, 1.82) is 0 Å². The first-order chi connectivity index (χ1) is 7.24. The van der Waals surface area contributed by atoms with Crippen LogP contribution in [0, 0.1) is 6.92 Å². The van der Waals surface area contributed by atoms with Gasteiger partial charge in [-0.15, -0.1) is 22.7 Å². The highest BCUT2D eigenvalue weighted by Gasteiger charge is 2.08. The third kappa shape index (κ3) is 2.94. The van der Waals surface area contributed by atoms with Gasteiger partial charge in [-0.1, -0.05) is 0 Å². The molecule has 2 rings (SSSR count). The van der Waals surface area contributed by atoms with Crippen molar-refractivity contribution in [1.82, 2.24) is 9.97 Å². The summed E-state index contributed by atoms with van der Waals surface area (Å²) in [7, 11) is 0. The van der Waals surface area contributed by atoms with E-state index in [-0.39, 0.29) is 5.78 Å². The Labute approximate surface area is 95.8 Å². The smallest absolute Gasteiger partial charge is 0.145 e. The van der Waals surface area contributed by atoms with Crippen molar-refractivity contribution in [3.63, 3.8) is 0 Å². The summed E-state index contributed by atoms with van der Waals surface area (Å²) < 4.78 is 0. The number of aryl methyl sites for hydroxylation is 1. The van der Waals surface area contributed by atoms with E-state index in [1.165, 1.54) is 11.3 Å². The molecule has 3 nitrogen and oxygen atoms in total. The molecule has 0 radical (unpaired) electrons. The highest BCUT2D eigenvalue weighted by molar-refractivity contribution is 7.09. The first kappa shape index (κ1) is 10.4. The first-order valence-corrected chi connectivity index (χ1v) is 6.31. The zero-order valence-corrected chi connectivity index (χ0v) is 9.90. The highest BCUT2D eigenvalue weighted by Crippen LogP contribution is 2.11. The summed E-state index contributed by atoms with van der Waals surface area (Å²) in [4.78, 5) is 20.0. The second-order valence-electron chi connectivity index (χ2n) is 3.18. The molecule has 0 aliphatic heterocycles. The Morgan fingerprint density at radius 2 is 2.27 bits per heavy atom. The largest absolute Gasteiger partial charge is 0.299 e. The number of nitrogens with zero attached hydrogens (tertiary/aromatic N) is 2. The van der Waals surface area contributed by atoms with Crippen LogP contribution in [0.3, 0.4) is 0 Å². The van der Waals surface area contributed by atoms with Gasteiger partial charge in [-0.2, -0.15) is 0 Å². The van der Waals surface area contributed by atoms with E-state index in [1.54, 1.807) is 17.5 Å². The summed E-state index contributed by atoms with van der Waals surface area (Å²) in [6.07, 6.45) is 2.57. The Morgan fingerprint density at radius 1 is 1.40 bits per heavy atom. The lowest BCUT2D eigenvalue weighted by molar-refractivity contribution is -0.117. The minimum Gasteiger partial charge on any atom is -0.299 e. The summed E-state index contributed by atoms with van der Waals surface area (Å²) >= 11 is 3.10. The van der Waals surface area contributed by atoms with Crippen molar-refractivity contribution in [3.8, 4) is 0 Å². The fraction of sp³-hybridized carbons (Fsp3) is 0.300. The number of hydrogen-bond donors (Lipinski definition) is 0. The molecule has 0 unspecified atom stereocenters. The maximum atomic E-state index is 11.6. The molecule has 2 heterocycles. The van der Waals surface area contributed by atoms with Crippen LogP contribution < -0.4 is 0 Å². The van der Waals surface area contributed by atoms with Gasteiger partial charge in [-0.25, -0.2) is 9.97 Å². The second kappa shape index (κ2) is 4.63. The SMILES string of the molecule is Cc1nc(CC(=O)Cc2nccs2)cs1. The van der Waals surface area contributed by atoms with Crippen molar-refractivity contribution < 1.29 is 4.79 Å². The Hall–Kier alpha value is -1.07. The molecule has 2 aromatic rings. The fourth-order valence-electron chi connectivity index (χ4n) is 1.26. The van der Waals surface area contributed by atoms with E-state index in [4.69, 9.17) is 0 Å². The molecule has 0 saturated heterocycles. The Kier molecular flexibility index (Phi) is 3.23. The van der Waals surface area contributed by atoms with Crippen LogP contribution in [0.1, 0.15) is 15.7 Å². The molecule has 0 spiro atoms. The number of aromatic nitrogens is 2. The third-order valence-electron chi connectivity index (χ3n) is 1.88. The molecule has 5 heteroatoms. The topological polar surface area (TPSA) is 42.9 Å². The molecule has 0 N–H and O–H groups in total. The Morgan fingerprint density at radius 3 is 2.87 bits per heavy atom. The van der Waals surface area contributed by atoms with Gasteiger partial charge < -0.3 is 0 Å². The lowest BCUT2D eigenvalue weighted by Crippen LogP contribution is -2.06. The molecular formula is C10H10N2OS2. The van der Waals surface area contributed by atoms with Crippen molar-refractivity contribution in [3.05, 3.63) is 32.7 Å². The predicted molar refractivity (Wildman–Crippen MR) is 61.4 cm³/mol. The van der Waals surface area contributed by atoms with Crippen molar-refractivity contribution in [2.24, 2.45) is 0 Å². The second-order valence-corrected chi connectivity index (χ2v) is 5.22. The summed E-state index contributed by atoms with van der Waals surface area (Å²) in [6.45, 7) is 1.94. The van der Waals surface area contributed by atoms with E-state index in [0.717, 1.165) is 15.7 Å². The van der Waals surface area contributed by atoms with Gasteiger partial charge in [0.25, 0.3) is 0 Å². The maximum Gasteiger partial charge on any atom is 0.145 e. The summed E-state index contributed by atoms with van der Waals surface area (Å²) in [6, 6.07) is 0. The highest BCUT2D eigenvalue weighted by atomic mass is 32.1. The van der Waals surface area contributed by atoms with Crippen LogP contribution in [-0.4, -0.2) is 15.8 Å². The molecule has 2 aromatic heterocycles. The average Bonchev–Trinajstić information content (AvgIpc) is 2.77. The number of rotatable bonds is 4. The molecule has 78 valence electrons. The van der Waals surface area contributed by atoms with Crippen LogP contribution in [0.25, 0.3) is 0 Å². The minimum absolute atomic E-state index is 0.176. The van der Waals surface area contributed by atoms with Crippen molar-refractivity contribution in [2.45, 2.75) is 19.8 Å². The van der Waals surface area contributed by atoms with Gasteiger partial charge in [0.2, 0.25) is 0 Å². The fourth-order valence-corrected chi connectivity index (χ4v) is 2.52. The molecule has 15 heavy (non-hydrogen) atoms. The number of hydrogen-bond acceptors (Lipinski definition) is 5. The summed E-state index contributed by atoms with van der Waals surface area (Å²) in [5.74, 6) is 0.176. The van der Waals surface area contributed by atoms with Crippen LogP contribution >= 0.6 is 22.7 Å². The lowest BCUT2D eigenvalue weighted by Gasteiger charge is -1.94. The molecule has 0 aromatic carbocycles. The molecule has 0 bridgehead atoms. The molecule has 0 aliphatic carbocycles. The van der Waals surface area contributed by atoms with Crippen LogP contribution in [0.15, 0.2) is 17.0 Å². The summed E-state index contributed by atoms with van der Waals surface area (Å²) in [5, 5.41) is 5.71. The van der Waals surface area contributed by atoms with Gasteiger partial charge in [0, 0.05) is 23.4 Å². The van der Waals surface area contributed by atoms with Crippen LogP contribution in [0.2, 0.25) is 0 Å². The van der Waals surface area contributed by atoms with Crippen LogP contribution in [0.4, 0.5) is 0 Å². The first-order valence-electron chi connectivity index (χ1n) is 4.55. The molecule has 0 saturated carbocycles. The standard InChI is InChI=1S/C10H10N2OS2/c1-7-12-8(6-15-7)4-9(13)5-10-11-2-3-14-10/h2-3,6H,4-5H2,1H3. The van der Waals surface area contributed by atoms with Crippen molar-refractivity contribution in [2.75, 3.05) is 0 Å². The number of Topliss-reactive ketones (excluding diaryl/α,β-unsaturated/α-hetero) is 1. The van der Waals surface area contributed by atoms with E-state index in [1.807, 2.05) is 17.7 Å². The lowest BCUT2D eigenvalue weighted by atomic mass is 10.2. The van der Waals surface area contributed by atoms with Gasteiger partial charge in [0.15, 0.2) is 0 Å². The molecular weight excluding hydrogens is 228 g/mol. The van der Waals surface area contributed by atoms with Gasteiger partial charge >= 0.3 is 0 Å². The number of carbonyl (C=O) groups is 1. The van der Waals surface area contributed by atoms with E-state index in [2.05, 4.69) is 9.97 Å². The van der Waals surface area contributed by atoms with E-state index < -0.39 is 0 Å². The molecule has 0 atom stereocenters. The number of ketones is 1. The number of carbonyl (C=O) groups excluding carboxylic acids is 1. The average molecular weight is 238 g/mol. The van der Waals surface area contributed by atoms with Gasteiger partial charge in [-0.05, 0) is 6.92 Å². The van der Waals surface area contributed by atoms with Crippen LogP contribution in [-0.2, 0) is 17.6 Å². The summed E-state index contributed by atoms with van der Waals surface area (Å²) in [5.41, 5.74) is 0.874. The quantitative estimate of drug-likeness (QED) is 0.820. The zero-order chi connectivity index (χ0) is 10.7. The monoisotopic (exact) mass is 238 g/mol. The molecule has 0 aliphatic rings. The van der Waals surface area contributed by atoms with Gasteiger partial charge in [0.05, 0.1) is 22.1 Å².